The van der Waals surface area contributed by atoms with Gasteiger partial charge in [-0.25, -0.2) is 0 Å². The molecule has 29 heavy (non-hydrogen) atoms. The van der Waals surface area contributed by atoms with Gasteiger partial charge < -0.3 is 4.42 Å². The number of nitrogens with zero attached hydrogens (tertiary/aromatic N) is 2. The van der Waals surface area contributed by atoms with Crippen LogP contribution in [0.25, 0.3) is 28.5 Å². The lowest BCUT2D eigenvalue weighted by Crippen LogP contribution is -2.12. The summed E-state index contributed by atoms with van der Waals surface area (Å²) in [5, 5.41) is 8.56. The third kappa shape index (κ3) is 4.09. The van der Waals surface area contributed by atoms with Gasteiger partial charge in [-0.1, -0.05) is 64.1 Å². The van der Waals surface area contributed by atoms with Crippen LogP contribution in [-0.2, 0) is 5.41 Å². The fraction of sp³-hybridized carbons (Fsp3) is 0.308. The van der Waals surface area contributed by atoms with Gasteiger partial charge in [0.25, 0.3) is 0 Å². The van der Waals surface area contributed by atoms with E-state index in [1.54, 1.807) is 0 Å². The van der Waals surface area contributed by atoms with E-state index in [9.17, 15) is 0 Å². The van der Waals surface area contributed by atoms with E-state index in [1.807, 2.05) is 0 Å². The number of benzene rings is 2. The Morgan fingerprint density at radius 1 is 0.897 bits per heavy atom. The molecule has 1 aromatic heterocycles. The Bertz CT molecular complexity index is 1080. The van der Waals surface area contributed by atoms with Crippen LogP contribution in [0.15, 0.2) is 65.1 Å². The smallest absolute Gasteiger partial charge is 0.248 e. The second kappa shape index (κ2) is 7.47. The minimum absolute atomic E-state index is 0.117. The molecule has 1 heterocycles. The molecule has 2 aromatic carbocycles. The largest absolute Gasteiger partial charge is 0.416 e. The summed E-state index contributed by atoms with van der Waals surface area (Å²) < 4.78 is 5.99. The van der Waals surface area contributed by atoms with Crippen molar-refractivity contribution >= 4 is 5.57 Å². The van der Waals surface area contributed by atoms with E-state index < -0.39 is 0 Å². The molecule has 148 valence electrons. The van der Waals surface area contributed by atoms with Gasteiger partial charge in [-0.05, 0) is 71.2 Å². The van der Waals surface area contributed by atoms with Crippen molar-refractivity contribution in [1.29, 1.82) is 0 Å². The highest BCUT2D eigenvalue weighted by molar-refractivity contribution is 5.70. The summed E-state index contributed by atoms with van der Waals surface area (Å²) in [6, 6.07) is 14.8. The SMILES string of the molecule is Cc1cc(-c2nnc(-c3ccc(C4=CC=CC(C)C4)cc3)o2)ccc1C(C)(C)C. The van der Waals surface area contributed by atoms with E-state index in [1.165, 1.54) is 22.3 Å². The Labute approximate surface area is 173 Å². The molecule has 0 saturated heterocycles. The maximum absolute atomic E-state index is 5.99. The van der Waals surface area contributed by atoms with Gasteiger partial charge in [0.1, 0.15) is 0 Å². The average molecular weight is 385 g/mol. The Balaban J connectivity index is 1.57. The lowest BCUT2D eigenvalue weighted by atomic mass is 9.83. The zero-order valence-corrected chi connectivity index (χ0v) is 17.9. The zero-order chi connectivity index (χ0) is 20.6. The second-order valence-electron chi connectivity index (χ2n) is 9.03. The first-order valence-electron chi connectivity index (χ1n) is 10.2. The Morgan fingerprint density at radius 2 is 1.52 bits per heavy atom. The molecule has 0 fully saturated rings. The molecular weight excluding hydrogens is 356 g/mol. The molecule has 1 aliphatic rings. The van der Waals surface area contributed by atoms with Gasteiger partial charge in [-0.15, -0.1) is 10.2 Å². The van der Waals surface area contributed by atoms with Gasteiger partial charge in [0.15, 0.2) is 0 Å². The third-order valence-corrected chi connectivity index (χ3v) is 5.49. The fourth-order valence-corrected chi connectivity index (χ4v) is 3.98. The topological polar surface area (TPSA) is 38.9 Å². The number of hydrogen-bond acceptors (Lipinski definition) is 3. The standard InChI is InChI=1S/C26H28N2O/c1-17-7-6-8-21(15-17)19-9-11-20(12-10-19)24-27-28-25(29-24)22-13-14-23(18(2)16-22)26(3,4)5/h6-14,16-17H,15H2,1-5H3. The van der Waals surface area contributed by atoms with E-state index in [4.69, 9.17) is 4.42 Å². The Morgan fingerprint density at radius 3 is 2.14 bits per heavy atom. The first-order valence-corrected chi connectivity index (χ1v) is 10.2. The van der Waals surface area contributed by atoms with Crippen molar-refractivity contribution < 1.29 is 4.42 Å². The predicted octanol–water partition coefficient (Wildman–Crippen LogP) is 6.99. The number of allylic oxidation sites excluding steroid dienone is 4. The summed E-state index contributed by atoms with van der Waals surface area (Å²) in [4.78, 5) is 0. The first-order chi connectivity index (χ1) is 13.8. The number of hydrogen-bond donors (Lipinski definition) is 0. The summed E-state index contributed by atoms with van der Waals surface area (Å²) in [7, 11) is 0. The Hall–Kier alpha value is -2.94. The molecule has 0 N–H and O–H groups in total. The van der Waals surface area contributed by atoms with Crippen LogP contribution in [-0.4, -0.2) is 10.2 Å². The minimum atomic E-state index is 0.117. The normalized spacial score (nSPS) is 16.7. The fourth-order valence-electron chi connectivity index (χ4n) is 3.98. The predicted molar refractivity (Wildman–Crippen MR) is 120 cm³/mol. The lowest BCUT2D eigenvalue weighted by molar-refractivity contribution is 0.580. The van der Waals surface area contributed by atoms with E-state index in [0.29, 0.717) is 17.7 Å². The number of rotatable bonds is 3. The van der Waals surface area contributed by atoms with Crippen molar-refractivity contribution in [3.05, 3.63) is 77.4 Å². The van der Waals surface area contributed by atoms with Crippen molar-refractivity contribution in [2.24, 2.45) is 5.92 Å². The summed E-state index contributed by atoms with van der Waals surface area (Å²) in [5.74, 6) is 1.69. The van der Waals surface area contributed by atoms with Crippen LogP contribution in [0.4, 0.5) is 0 Å². The van der Waals surface area contributed by atoms with Gasteiger partial charge >= 0.3 is 0 Å². The summed E-state index contributed by atoms with van der Waals surface area (Å²) in [6.07, 6.45) is 7.66. The summed E-state index contributed by atoms with van der Waals surface area (Å²) in [5.41, 5.74) is 7.20. The first kappa shape index (κ1) is 19.4. The molecule has 3 heteroatoms. The van der Waals surface area contributed by atoms with Crippen molar-refractivity contribution in [2.45, 2.75) is 46.5 Å². The molecule has 3 aromatic rings. The molecule has 0 amide bonds. The van der Waals surface area contributed by atoms with Crippen molar-refractivity contribution in [1.82, 2.24) is 10.2 Å². The van der Waals surface area contributed by atoms with Crippen molar-refractivity contribution in [3.63, 3.8) is 0 Å². The van der Waals surface area contributed by atoms with Crippen molar-refractivity contribution in [2.75, 3.05) is 0 Å². The van der Waals surface area contributed by atoms with E-state index in [-0.39, 0.29) is 5.41 Å². The average Bonchev–Trinajstić information content (AvgIpc) is 3.17. The highest BCUT2D eigenvalue weighted by atomic mass is 16.4. The molecule has 1 atom stereocenters. The molecule has 4 rings (SSSR count). The molecule has 0 aliphatic heterocycles. The maximum Gasteiger partial charge on any atom is 0.248 e. The van der Waals surface area contributed by atoms with Crippen LogP contribution in [0.3, 0.4) is 0 Å². The molecule has 0 spiro atoms. The van der Waals surface area contributed by atoms with Crippen LogP contribution < -0.4 is 0 Å². The van der Waals surface area contributed by atoms with Gasteiger partial charge in [0.2, 0.25) is 11.8 Å². The van der Waals surface area contributed by atoms with Gasteiger partial charge in [-0.2, -0.15) is 0 Å². The molecule has 0 bridgehead atoms. The van der Waals surface area contributed by atoms with Gasteiger partial charge in [-0.3, -0.25) is 0 Å². The second-order valence-corrected chi connectivity index (χ2v) is 9.03. The maximum atomic E-state index is 5.99. The highest BCUT2D eigenvalue weighted by Crippen LogP contribution is 2.31. The van der Waals surface area contributed by atoms with E-state index in [0.717, 1.165) is 17.5 Å². The van der Waals surface area contributed by atoms with Crippen LogP contribution in [0.1, 0.15) is 50.8 Å². The number of aryl methyl sites for hydroxylation is 1. The summed E-state index contributed by atoms with van der Waals surface area (Å²) >= 11 is 0. The molecule has 0 radical (unpaired) electrons. The number of aromatic nitrogens is 2. The summed E-state index contributed by atoms with van der Waals surface area (Å²) in [6.45, 7) is 11.1. The third-order valence-electron chi connectivity index (χ3n) is 5.49. The van der Waals surface area contributed by atoms with E-state index >= 15 is 0 Å². The molecule has 1 unspecified atom stereocenters. The zero-order valence-electron chi connectivity index (χ0n) is 17.9. The van der Waals surface area contributed by atoms with Gasteiger partial charge in [0, 0.05) is 11.1 Å². The van der Waals surface area contributed by atoms with Crippen LogP contribution >= 0.6 is 0 Å². The molecule has 1 aliphatic carbocycles. The Kier molecular flexibility index (Phi) is 4.99. The highest BCUT2D eigenvalue weighted by Gasteiger charge is 2.18. The monoisotopic (exact) mass is 384 g/mol. The quantitative estimate of drug-likeness (QED) is 0.488. The van der Waals surface area contributed by atoms with Crippen molar-refractivity contribution in [3.8, 4) is 22.9 Å². The van der Waals surface area contributed by atoms with Crippen LogP contribution in [0, 0.1) is 12.8 Å². The lowest BCUT2D eigenvalue weighted by Gasteiger charge is -2.21. The molecular formula is C26H28N2O. The van der Waals surface area contributed by atoms with Crippen LogP contribution in [0.2, 0.25) is 0 Å². The van der Waals surface area contributed by atoms with E-state index in [2.05, 4.69) is 106 Å². The molecule has 3 nitrogen and oxygen atoms in total. The molecule has 0 saturated carbocycles. The minimum Gasteiger partial charge on any atom is -0.416 e. The van der Waals surface area contributed by atoms with Gasteiger partial charge in [0.05, 0.1) is 0 Å². The van der Waals surface area contributed by atoms with Crippen LogP contribution in [0.5, 0.6) is 0 Å².